The lowest BCUT2D eigenvalue weighted by molar-refractivity contribution is 0.598. The molecule has 0 amide bonds. The predicted molar refractivity (Wildman–Crippen MR) is 60.7 cm³/mol. The molecule has 0 aromatic heterocycles. The molecule has 0 bridgehead atoms. The molecule has 1 aromatic rings. The van der Waals surface area contributed by atoms with Crippen LogP contribution >= 0.6 is 11.6 Å². The highest BCUT2D eigenvalue weighted by atomic mass is 35.5. The van der Waals surface area contributed by atoms with E-state index in [9.17, 15) is 0 Å². The van der Waals surface area contributed by atoms with Gasteiger partial charge in [0.05, 0.1) is 0 Å². The van der Waals surface area contributed by atoms with E-state index < -0.39 is 0 Å². The zero-order valence-electron chi connectivity index (χ0n) is 8.84. The molecule has 0 saturated heterocycles. The second kappa shape index (κ2) is 2.98. The largest absolute Gasteiger partial charge is 0.327 e. The van der Waals surface area contributed by atoms with Gasteiger partial charge in [-0.3, -0.25) is 0 Å². The van der Waals surface area contributed by atoms with Crippen LogP contribution in [0.3, 0.4) is 0 Å². The van der Waals surface area contributed by atoms with Crippen LogP contribution in [0.15, 0.2) is 18.2 Å². The van der Waals surface area contributed by atoms with Gasteiger partial charge in [0.15, 0.2) is 0 Å². The molecule has 0 spiro atoms. The van der Waals surface area contributed by atoms with Gasteiger partial charge >= 0.3 is 0 Å². The number of hydrogen-bond donors (Lipinski definition) is 1. The normalized spacial score (nSPS) is 28.9. The third kappa shape index (κ3) is 1.27. The van der Waals surface area contributed by atoms with E-state index in [1.165, 1.54) is 11.1 Å². The summed E-state index contributed by atoms with van der Waals surface area (Å²) in [5, 5.41) is 0.857. The minimum Gasteiger partial charge on any atom is -0.327 e. The third-order valence-corrected chi connectivity index (χ3v) is 3.82. The lowest BCUT2D eigenvalue weighted by Crippen LogP contribution is -2.06. The van der Waals surface area contributed by atoms with Crippen LogP contribution in [-0.2, 0) is 0 Å². The molecule has 1 aliphatic rings. The number of nitrogens with two attached hydrogens (primary N) is 1. The Kier molecular flexibility index (Phi) is 2.13. The number of benzene rings is 1. The maximum Gasteiger partial charge on any atom is 0.0444 e. The van der Waals surface area contributed by atoms with Gasteiger partial charge in [0.25, 0.3) is 0 Å². The summed E-state index contributed by atoms with van der Waals surface area (Å²) in [5.41, 5.74) is 8.76. The van der Waals surface area contributed by atoms with Crippen molar-refractivity contribution in [3.63, 3.8) is 0 Å². The van der Waals surface area contributed by atoms with Crippen molar-refractivity contribution in [2.24, 2.45) is 11.1 Å². The quantitative estimate of drug-likeness (QED) is 0.756. The maximum absolute atomic E-state index is 6.20. The summed E-state index contributed by atoms with van der Waals surface area (Å²) in [5.74, 6) is 0.427. The molecular formula is C12H16ClN. The van der Waals surface area contributed by atoms with Crippen LogP contribution in [0, 0.1) is 12.3 Å². The molecule has 2 N–H and O–H groups in total. The summed E-state index contributed by atoms with van der Waals surface area (Å²) < 4.78 is 0. The first-order valence-corrected chi connectivity index (χ1v) is 5.34. The molecule has 1 aromatic carbocycles. The Bertz CT molecular complexity index is 350. The Labute approximate surface area is 90.3 Å². The van der Waals surface area contributed by atoms with Gasteiger partial charge < -0.3 is 5.73 Å². The third-order valence-electron chi connectivity index (χ3n) is 3.49. The van der Waals surface area contributed by atoms with E-state index in [1.807, 2.05) is 12.1 Å². The van der Waals surface area contributed by atoms with Crippen LogP contribution in [0.25, 0.3) is 0 Å². The second-order valence-corrected chi connectivity index (χ2v) is 5.20. The van der Waals surface area contributed by atoms with Gasteiger partial charge in [-0.25, -0.2) is 0 Å². The fourth-order valence-corrected chi connectivity index (χ4v) is 2.61. The van der Waals surface area contributed by atoms with Crippen LogP contribution in [0.4, 0.5) is 0 Å². The molecular weight excluding hydrogens is 194 g/mol. The highest BCUT2D eigenvalue weighted by Gasteiger charge is 2.57. The highest BCUT2D eigenvalue weighted by Crippen LogP contribution is 2.59. The first-order chi connectivity index (χ1) is 6.46. The van der Waals surface area contributed by atoms with E-state index in [2.05, 4.69) is 26.8 Å². The monoisotopic (exact) mass is 209 g/mol. The van der Waals surface area contributed by atoms with Gasteiger partial charge in [-0.05, 0) is 29.5 Å². The highest BCUT2D eigenvalue weighted by molar-refractivity contribution is 6.31. The summed E-state index contributed by atoms with van der Waals surface area (Å²) in [6.07, 6.45) is 0. The van der Waals surface area contributed by atoms with E-state index >= 15 is 0 Å². The molecule has 2 rings (SSSR count). The van der Waals surface area contributed by atoms with Gasteiger partial charge in [0.2, 0.25) is 0 Å². The Hall–Kier alpha value is -0.530. The Morgan fingerprint density at radius 2 is 1.93 bits per heavy atom. The van der Waals surface area contributed by atoms with Crippen LogP contribution in [-0.4, -0.2) is 6.04 Å². The van der Waals surface area contributed by atoms with Crippen molar-refractivity contribution in [1.29, 1.82) is 0 Å². The fraction of sp³-hybridized carbons (Fsp3) is 0.500. The number of aryl methyl sites for hydroxylation is 1. The van der Waals surface area contributed by atoms with E-state index in [0.29, 0.717) is 5.92 Å². The SMILES string of the molecule is Cc1cccc(Cl)c1C1C(N)C1(C)C. The van der Waals surface area contributed by atoms with Crippen molar-refractivity contribution in [3.8, 4) is 0 Å². The minimum absolute atomic E-state index is 0.204. The van der Waals surface area contributed by atoms with Gasteiger partial charge in [-0.15, -0.1) is 0 Å². The lowest BCUT2D eigenvalue weighted by atomic mass is 9.99. The summed E-state index contributed by atoms with van der Waals surface area (Å²) in [4.78, 5) is 0. The number of rotatable bonds is 1. The molecule has 0 radical (unpaired) electrons. The molecule has 1 saturated carbocycles. The van der Waals surface area contributed by atoms with Gasteiger partial charge in [-0.1, -0.05) is 37.6 Å². The zero-order valence-corrected chi connectivity index (χ0v) is 9.60. The molecule has 0 aliphatic heterocycles. The summed E-state index contributed by atoms with van der Waals surface area (Å²) in [7, 11) is 0. The maximum atomic E-state index is 6.20. The fourth-order valence-electron chi connectivity index (χ4n) is 2.27. The Morgan fingerprint density at radius 3 is 2.36 bits per heavy atom. The van der Waals surface area contributed by atoms with Crippen molar-refractivity contribution in [3.05, 3.63) is 34.3 Å². The molecule has 0 heterocycles. The van der Waals surface area contributed by atoms with Crippen LogP contribution in [0.2, 0.25) is 5.02 Å². The van der Waals surface area contributed by atoms with E-state index in [0.717, 1.165) is 5.02 Å². The van der Waals surface area contributed by atoms with Gasteiger partial charge in [-0.2, -0.15) is 0 Å². The molecule has 76 valence electrons. The smallest absolute Gasteiger partial charge is 0.0444 e. The zero-order chi connectivity index (χ0) is 10.5. The van der Waals surface area contributed by atoms with Crippen molar-refractivity contribution < 1.29 is 0 Å². The average molecular weight is 210 g/mol. The summed E-state index contributed by atoms with van der Waals surface area (Å²) >= 11 is 6.20. The molecule has 1 aliphatic carbocycles. The van der Waals surface area contributed by atoms with Crippen molar-refractivity contribution in [1.82, 2.24) is 0 Å². The molecule has 2 unspecified atom stereocenters. The molecule has 14 heavy (non-hydrogen) atoms. The number of hydrogen-bond acceptors (Lipinski definition) is 1. The van der Waals surface area contributed by atoms with Crippen LogP contribution in [0.1, 0.15) is 30.9 Å². The first-order valence-electron chi connectivity index (χ1n) is 4.97. The number of halogens is 1. The van der Waals surface area contributed by atoms with E-state index in [1.54, 1.807) is 0 Å². The standard InChI is InChI=1S/C12H16ClN/c1-7-5-4-6-8(13)9(7)10-11(14)12(10,2)3/h4-6,10-11H,14H2,1-3H3. The lowest BCUT2D eigenvalue weighted by Gasteiger charge is -2.08. The van der Waals surface area contributed by atoms with Gasteiger partial charge in [0, 0.05) is 17.0 Å². The van der Waals surface area contributed by atoms with E-state index in [-0.39, 0.29) is 11.5 Å². The van der Waals surface area contributed by atoms with Gasteiger partial charge in [0.1, 0.15) is 0 Å². The molecule has 1 nitrogen and oxygen atoms in total. The van der Waals surface area contributed by atoms with Crippen LogP contribution in [0.5, 0.6) is 0 Å². The first kappa shape index (κ1) is 10.0. The Balaban J connectivity index is 2.44. The summed E-state index contributed by atoms with van der Waals surface area (Å²) in [6.45, 7) is 6.50. The molecule has 2 atom stereocenters. The predicted octanol–water partition coefficient (Wildman–Crippen LogP) is 3.10. The minimum atomic E-state index is 0.204. The Morgan fingerprint density at radius 1 is 1.36 bits per heavy atom. The molecule has 2 heteroatoms. The van der Waals surface area contributed by atoms with Crippen molar-refractivity contribution >= 4 is 11.6 Å². The second-order valence-electron chi connectivity index (χ2n) is 4.80. The topological polar surface area (TPSA) is 26.0 Å². The molecule has 1 fully saturated rings. The average Bonchev–Trinajstić information content (AvgIpc) is 2.54. The summed E-state index contributed by atoms with van der Waals surface area (Å²) in [6, 6.07) is 6.29. The van der Waals surface area contributed by atoms with Crippen molar-refractivity contribution in [2.45, 2.75) is 32.7 Å². The van der Waals surface area contributed by atoms with E-state index in [4.69, 9.17) is 17.3 Å². The van der Waals surface area contributed by atoms with Crippen LogP contribution < -0.4 is 5.73 Å². The van der Waals surface area contributed by atoms with Crippen molar-refractivity contribution in [2.75, 3.05) is 0 Å².